The first-order valence-electron chi connectivity index (χ1n) is 13.3. The number of carbonyl (C=O) groups excluding carboxylic acids is 2. The van der Waals surface area contributed by atoms with Crippen LogP contribution in [0.3, 0.4) is 0 Å². The zero-order valence-electron chi connectivity index (χ0n) is 21.3. The lowest BCUT2D eigenvalue weighted by atomic mass is 10.0. The number of nitrogens with zero attached hydrogens (tertiary/aromatic N) is 3. The van der Waals surface area contributed by atoms with Crippen molar-refractivity contribution < 1.29 is 14.3 Å². The molecule has 3 N–H and O–H groups in total. The van der Waals surface area contributed by atoms with Gasteiger partial charge in [-0.15, -0.1) is 0 Å². The number of nitrogens with one attached hydrogen (secondary N) is 3. The maximum atomic E-state index is 13.3. The van der Waals surface area contributed by atoms with Gasteiger partial charge in [-0.05, 0) is 73.7 Å². The molecule has 0 aliphatic carbocycles. The summed E-state index contributed by atoms with van der Waals surface area (Å²) in [4.78, 5) is 37.8. The van der Waals surface area contributed by atoms with Gasteiger partial charge in [-0.2, -0.15) is 0 Å². The van der Waals surface area contributed by atoms with Crippen molar-refractivity contribution in [3.05, 3.63) is 71.4 Å². The zero-order valence-corrected chi connectivity index (χ0v) is 21.3. The topological polar surface area (TPSA) is 108 Å². The van der Waals surface area contributed by atoms with Crippen LogP contribution in [-0.2, 0) is 22.6 Å². The molecule has 3 aliphatic rings. The Kier molecular flexibility index (Phi) is 7.02. The minimum atomic E-state index is -0.196. The number of hydrogen-bond acceptors (Lipinski definition) is 7. The van der Waals surface area contributed by atoms with Crippen LogP contribution in [0.2, 0.25) is 0 Å². The van der Waals surface area contributed by atoms with Gasteiger partial charge in [-0.3, -0.25) is 14.5 Å². The van der Waals surface area contributed by atoms with Gasteiger partial charge in [0.1, 0.15) is 0 Å². The fraction of sp³-hybridized carbons (Fsp3) is 0.379. The van der Waals surface area contributed by atoms with E-state index in [9.17, 15) is 9.59 Å². The maximum Gasteiger partial charge on any atom is 0.251 e. The van der Waals surface area contributed by atoms with E-state index in [1.54, 1.807) is 6.20 Å². The highest BCUT2D eigenvalue weighted by atomic mass is 16.5. The van der Waals surface area contributed by atoms with Gasteiger partial charge < -0.3 is 20.7 Å². The van der Waals surface area contributed by atoms with Crippen molar-refractivity contribution in [2.45, 2.75) is 50.9 Å². The summed E-state index contributed by atoms with van der Waals surface area (Å²) in [5.74, 6) is 0.384. The third-order valence-corrected chi connectivity index (χ3v) is 7.46. The third kappa shape index (κ3) is 5.54. The standard InChI is InChI=1S/C29H32N6O3/c36-27(32-23-7-11-38-12-8-23)22-14-20-15-24(16-22)33-29-30-9-6-25(34-29)21-4-1-3-19(13-21)17-31-28(37)26-5-2-10-35(26)18-20/h1,3-4,6,9,13-16,23,26H,2,5,7-8,10-12,17-18H2,(H,31,37)(H,32,36)(H,30,33,34)/t26-/m0/s1. The first kappa shape index (κ1) is 24.5. The molecule has 0 saturated carbocycles. The summed E-state index contributed by atoms with van der Waals surface area (Å²) in [5.41, 5.74) is 5.01. The SMILES string of the molecule is O=C(NC1CCOCC1)c1cc2cc(c1)Nc1nccc(n1)-c1cccc(c1)CNC(=O)[C@@H]1CCCN1C2. The van der Waals surface area contributed by atoms with Gasteiger partial charge in [0.05, 0.1) is 11.7 Å². The molecular formula is C29H32N6O3. The van der Waals surface area contributed by atoms with Crippen molar-refractivity contribution in [2.24, 2.45) is 0 Å². The lowest BCUT2D eigenvalue weighted by molar-refractivity contribution is -0.125. The number of aromatic nitrogens is 2. The molecule has 196 valence electrons. The monoisotopic (exact) mass is 512 g/mol. The van der Waals surface area contributed by atoms with Crippen molar-refractivity contribution in [1.82, 2.24) is 25.5 Å². The van der Waals surface area contributed by atoms with E-state index in [0.717, 1.165) is 60.3 Å². The van der Waals surface area contributed by atoms with Crippen LogP contribution >= 0.6 is 0 Å². The highest BCUT2D eigenvalue weighted by Crippen LogP contribution is 2.26. The van der Waals surface area contributed by atoms with Crippen molar-refractivity contribution >= 4 is 23.5 Å². The Hall–Kier alpha value is -3.82. The lowest BCUT2D eigenvalue weighted by Crippen LogP contribution is -2.42. The first-order valence-corrected chi connectivity index (χ1v) is 13.3. The molecule has 3 aliphatic heterocycles. The summed E-state index contributed by atoms with van der Waals surface area (Å²) in [6.45, 7) is 3.18. The molecule has 9 heteroatoms. The Morgan fingerprint density at radius 1 is 1.05 bits per heavy atom. The summed E-state index contributed by atoms with van der Waals surface area (Å²) in [6.07, 6.45) is 5.12. The van der Waals surface area contributed by atoms with Gasteiger partial charge in [0.25, 0.3) is 5.91 Å². The predicted octanol–water partition coefficient (Wildman–Crippen LogP) is 3.39. The van der Waals surface area contributed by atoms with E-state index in [1.807, 2.05) is 48.5 Å². The predicted molar refractivity (Wildman–Crippen MR) is 144 cm³/mol. The number of amides is 2. The van der Waals surface area contributed by atoms with E-state index >= 15 is 0 Å². The molecule has 0 radical (unpaired) electrons. The fourth-order valence-corrected chi connectivity index (χ4v) is 5.50. The number of benzene rings is 2. The van der Waals surface area contributed by atoms with Gasteiger partial charge in [-0.25, -0.2) is 9.97 Å². The van der Waals surface area contributed by atoms with Crippen LogP contribution in [0.4, 0.5) is 11.6 Å². The largest absolute Gasteiger partial charge is 0.381 e. The van der Waals surface area contributed by atoms with E-state index < -0.39 is 0 Å². The number of fused-ring (bicyclic) bond motifs is 8. The quantitative estimate of drug-likeness (QED) is 0.483. The Labute approximate surface area is 222 Å². The smallest absolute Gasteiger partial charge is 0.251 e. The zero-order chi connectivity index (χ0) is 25.9. The molecule has 3 aromatic rings. The van der Waals surface area contributed by atoms with Crippen molar-refractivity contribution in [2.75, 3.05) is 25.1 Å². The van der Waals surface area contributed by atoms with Gasteiger partial charge in [-0.1, -0.05) is 18.2 Å². The number of hydrogen-bond donors (Lipinski definition) is 3. The highest BCUT2D eigenvalue weighted by Gasteiger charge is 2.31. The van der Waals surface area contributed by atoms with Crippen LogP contribution in [0.15, 0.2) is 54.7 Å². The molecule has 0 spiro atoms. The number of anilines is 2. The van der Waals surface area contributed by atoms with Crippen molar-refractivity contribution in [1.29, 1.82) is 0 Å². The average molecular weight is 513 g/mol. The molecular weight excluding hydrogens is 480 g/mol. The van der Waals surface area contributed by atoms with E-state index in [0.29, 0.717) is 37.8 Å². The lowest BCUT2D eigenvalue weighted by Gasteiger charge is -2.25. The van der Waals surface area contributed by atoms with Crippen LogP contribution in [0.1, 0.15) is 47.2 Å². The first-order chi connectivity index (χ1) is 18.6. The molecule has 1 aromatic heterocycles. The van der Waals surface area contributed by atoms with Crippen LogP contribution in [0, 0.1) is 0 Å². The molecule has 38 heavy (non-hydrogen) atoms. The Morgan fingerprint density at radius 3 is 2.84 bits per heavy atom. The molecule has 2 saturated heterocycles. The molecule has 2 amide bonds. The average Bonchev–Trinajstić information content (AvgIpc) is 3.40. The molecule has 6 bridgehead atoms. The molecule has 2 fully saturated rings. The number of ether oxygens (including phenoxy) is 1. The fourth-order valence-electron chi connectivity index (χ4n) is 5.50. The summed E-state index contributed by atoms with van der Waals surface area (Å²) < 4.78 is 5.44. The second kappa shape index (κ2) is 10.9. The van der Waals surface area contributed by atoms with E-state index in [-0.39, 0.29) is 23.9 Å². The Bertz CT molecular complexity index is 1340. The van der Waals surface area contributed by atoms with E-state index in [1.165, 1.54) is 0 Å². The van der Waals surface area contributed by atoms with E-state index in [4.69, 9.17) is 9.72 Å². The molecule has 0 unspecified atom stereocenters. The third-order valence-electron chi connectivity index (χ3n) is 7.46. The normalized spacial score (nSPS) is 20.2. The Balaban J connectivity index is 1.37. The van der Waals surface area contributed by atoms with Crippen LogP contribution in [0.5, 0.6) is 0 Å². The molecule has 6 rings (SSSR count). The number of carbonyl (C=O) groups is 2. The second-order valence-corrected chi connectivity index (χ2v) is 10.2. The Morgan fingerprint density at radius 2 is 1.95 bits per heavy atom. The van der Waals surface area contributed by atoms with Crippen LogP contribution < -0.4 is 16.0 Å². The number of rotatable bonds is 2. The van der Waals surface area contributed by atoms with Gasteiger partial charge in [0, 0.05) is 55.4 Å². The van der Waals surface area contributed by atoms with Crippen LogP contribution in [-0.4, -0.2) is 58.5 Å². The summed E-state index contributed by atoms with van der Waals surface area (Å²) >= 11 is 0. The molecule has 1 atom stereocenters. The molecule has 2 aromatic carbocycles. The van der Waals surface area contributed by atoms with Crippen LogP contribution in [0.25, 0.3) is 11.3 Å². The van der Waals surface area contributed by atoms with Gasteiger partial charge in [0.15, 0.2) is 0 Å². The summed E-state index contributed by atoms with van der Waals surface area (Å²) in [5, 5.41) is 9.62. The van der Waals surface area contributed by atoms with Crippen molar-refractivity contribution in [3.63, 3.8) is 0 Å². The maximum absolute atomic E-state index is 13.3. The minimum Gasteiger partial charge on any atom is -0.381 e. The van der Waals surface area contributed by atoms with E-state index in [2.05, 4.69) is 25.8 Å². The summed E-state index contributed by atoms with van der Waals surface area (Å²) in [6, 6.07) is 15.6. The van der Waals surface area contributed by atoms with Crippen molar-refractivity contribution in [3.8, 4) is 11.3 Å². The molecule has 9 nitrogen and oxygen atoms in total. The van der Waals surface area contributed by atoms with Gasteiger partial charge in [0.2, 0.25) is 11.9 Å². The highest BCUT2D eigenvalue weighted by molar-refractivity contribution is 5.95. The minimum absolute atomic E-state index is 0.0380. The van der Waals surface area contributed by atoms with Gasteiger partial charge >= 0.3 is 0 Å². The molecule has 4 heterocycles. The summed E-state index contributed by atoms with van der Waals surface area (Å²) in [7, 11) is 0. The second-order valence-electron chi connectivity index (χ2n) is 10.2.